The first-order chi connectivity index (χ1) is 15.8. The Labute approximate surface area is 241 Å². The summed E-state index contributed by atoms with van der Waals surface area (Å²) in [5, 5.41) is 0. The number of hydrogen-bond donors (Lipinski definition) is 0. The van der Waals surface area contributed by atoms with Crippen LogP contribution in [0.3, 0.4) is 0 Å². The Hall–Kier alpha value is -1.93. The maximum Gasteiger partial charge on any atom is 4.00 e. The summed E-state index contributed by atoms with van der Waals surface area (Å²) >= 11 is 5.47. The van der Waals surface area contributed by atoms with Crippen LogP contribution in [-0.2, 0) is 26.2 Å². The molecule has 0 saturated carbocycles. The van der Waals surface area contributed by atoms with Crippen molar-refractivity contribution < 1.29 is 26.2 Å². The van der Waals surface area contributed by atoms with Crippen LogP contribution in [0.15, 0.2) is 105 Å². The summed E-state index contributed by atoms with van der Waals surface area (Å²) in [4.78, 5) is 2.66. The third-order valence-corrected chi connectivity index (χ3v) is 7.94. The van der Waals surface area contributed by atoms with E-state index in [1.54, 1.807) is 0 Å². The standard InChI is InChI=1S/C15H10Br.C15H9S.2CH3.Zr/c16-14-8-4-7-12-9-10-13(15(12)14)11-5-2-1-3-6-11;1-2-13-12-8-9-14(13)15(3-1)16-11-6-4-10(12)5-7-11;;;/h1-9,13H;1-7,9,12H;2*1H3;/q4*-1;+4. The van der Waals surface area contributed by atoms with Gasteiger partial charge in [0.15, 0.2) is 0 Å². The molecule has 3 heteroatoms. The van der Waals surface area contributed by atoms with Crippen LogP contribution >= 0.6 is 27.7 Å². The van der Waals surface area contributed by atoms with Crippen molar-refractivity contribution in [1.82, 2.24) is 0 Å². The summed E-state index contributed by atoms with van der Waals surface area (Å²) in [7, 11) is 0. The van der Waals surface area contributed by atoms with E-state index < -0.39 is 0 Å². The monoisotopic (exact) mass is 610 g/mol. The molecule has 2 aliphatic carbocycles. The molecule has 2 heterocycles. The SMILES string of the molecule is Brc1cccc2c1C(c1ccccc1)[C-]=C2.[C-]1=Cc2c3cccc2C1c1ccc(cc1)S3.[CH3-].[CH3-].[Zr+4]. The maximum absolute atomic E-state index is 3.62. The molecule has 8 rings (SSSR count). The molecule has 2 atom stereocenters. The van der Waals surface area contributed by atoms with Crippen LogP contribution in [0, 0.1) is 27.0 Å². The molecule has 0 spiro atoms. The average molecular weight is 613 g/mol. The van der Waals surface area contributed by atoms with Crippen LogP contribution in [0.5, 0.6) is 0 Å². The van der Waals surface area contributed by atoms with Gasteiger partial charge in [0, 0.05) is 9.37 Å². The van der Waals surface area contributed by atoms with Crippen LogP contribution < -0.4 is 0 Å². The van der Waals surface area contributed by atoms with Crippen LogP contribution in [0.1, 0.15) is 45.2 Å². The molecule has 4 aliphatic rings. The van der Waals surface area contributed by atoms with Gasteiger partial charge in [-0.3, -0.25) is 12.2 Å². The summed E-state index contributed by atoms with van der Waals surface area (Å²) < 4.78 is 1.17. The number of allylic oxidation sites excluding steroid dienone is 2. The third kappa shape index (κ3) is 5.29. The number of rotatable bonds is 1. The van der Waals surface area contributed by atoms with Crippen molar-refractivity contribution >= 4 is 39.8 Å². The second-order valence-electron chi connectivity index (χ2n) is 8.07. The van der Waals surface area contributed by atoms with E-state index in [2.05, 4.69) is 125 Å². The Morgan fingerprint density at radius 3 is 2.11 bits per heavy atom. The first kappa shape index (κ1) is 27.7. The summed E-state index contributed by atoms with van der Waals surface area (Å²) in [5.41, 5.74) is 8.00. The molecule has 6 bridgehead atoms. The summed E-state index contributed by atoms with van der Waals surface area (Å²) in [6, 6.07) is 32.2. The topological polar surface area (TPSA) is 0 Å². The molecular weight excluding hydrogens is 588 g/mol. The molecule has 0 saturated heterocycles. The molecule has 0 radical (unpaired) electrons. The second-order valence-corrected chi connectivity index (χ2v) is 10.0. The Morgan fingerprint density at radius 1 is 0.657 bits per heavy atom. The molecule has 0 fully saturated rings. The summed E-state index contributed by atoms with van der Waals surface area (Å²) in [6.07, 6.45) is 11.1. The van der Waals surface area contributed by atoms with Crippen molar-refractivity contribution in [2.24, 2.45) is 0 Å². The largest absolute Gasteiger partial charge is 4.00 e. The van der Waals surface area contributed by atoms with Gasteiger partial charge in [-0.05, 0) is 12.1 Å². The summed E-state index contributed by atoms with van der Waals surface area (Å²) in [6.45, 7) is 0. The van der Waals surface area contributed by atoms with Crippen LogP contribution in [-0.4, -0.2) is 0 Å². The number of halogens is 1. The van der Waals surface area contributed by atoms with Crippen LogP contribution in [0.4, 0.5) is 0 Å². The minimum absolute atomic E-state index is 0. The molecule has 0 nitrogen and oxygen atoms in total. The Bertz CT molecular complexity index is 1360. The van der Waals surface area contributed by atoms with Gasteiger partial charge >= 0.3 is 26.2 Å². The van der Waals surface area contributed by atoms with Gasteiger partial charge in [-0.15, -0.1) is 29.0 Å². The van der Waals surface area contributed by atoms with E-state index in [0.717, 1.165) is 0 Å². The van der Waals surface area contributed by atoms with Gasteiger partial charge in [0.1, 0.15) is 0 Å². The maximum atomic E-state index is 3.62. The summed E-state index contributed by atoms with van der Waals surface area (Å²) in [5.74, 6) is 0.606. The molecule has 35 heavy (non-hydrogen) atoms. The molecule has 170 valence electrons. The fourth-order valence-electron chi connectivity index (χ4n) is 4.59. The van der Waals surface area contributed by atoms with E-state index in [9.17, 15) is 0 Å². The normalized spacial score (nSPS) is 16.8. The van der Waals surface area contributed by atoms with Crippen molar-refractivity contribution in [3.05, 3.63) is 156 Å². The zero-order valence-corrected chi connectivity index (χ0v) is 24.6. The van der Waals surface area contributed by atoms with Gasteiger partial charge in [0.05, 0.1) is 0 Å². The first-order valence-electron chi connectivity index (χ1n) is 10.7. The predicted molar refractivity (Wildman–Crippen MR) is 150 cm³/mol. The zero-order chi connectivity index (χ0) is 21.5. The van der Waals surface area contributed by atoms with Gasteiger partial charge in [0.25, 0.3) is 0 Å². The number of benzene rings is 4. The third-order valence-electron chi connectivity index (χ3n) is 6.16. The van der Waals surface area contributed by atoms with Gasteiger partial charge in [0.2, 0.25) is 0 Å². The minimum atomic E-state index is 0. The van der Waals surface area contributed by atoms with Gasteiger partial charge in [-0.25, -0.2) is 12.2 Å². The molecule has 0 amide bonds. The predicted octanol–water partition coefficient (Wildman–Crippen LogP) is 9.42. The minimum Gasteiger partial charge on any atom is -0.358 e. The van der Waals surface area contributed by atoms with Crippen molar-refractivity contribution in [2.45, 2.75) is 21.6 Å². The van der Waals surface area contributed by atoms with E-state index in [-0.39, 0.29) is 47.0 Å². The molecule has 2 aliphatic heterocycles. The second kappa shape index (κ2) is 11.9. The number of hydrogen-bond acceptors (Lipinski definition) is 1. The molecule has 2 unspecified atom stereocenters. The Balaban J connectivity index is 0.000000180. The van der Waals surface area contributed by atoms with Crippen LogP contribution in [0.2, 0.25) is 0 Å². The molecular formula is C32H25BrSZr. The van der Waals surface area contributed by atoms with Crippen molar-refractivity contribution in [3.8, 4) is 0 Å². The van der Waals surface area contributed by atoms with Gasteiger partial charge in [-0.2, -0.15) is 11.1 Å². The Morgan fingerprint density at radius 2 is 1.34 bits per heavy atom. The van der Waals surface area contributed by atoms with E-state index in [0.29, 0.717) is 5.92 Å². The average Bonchev–Trinajstić information content (AvgIpc) is 3.48. The van der Waals surface area contributed by atoms with Crippen LogP contribution in [0.25, 0.3) is 12.2 Å². The van der Waals surface area contributed by atoms with Crippen molar-refractivity contribution in [1.29, 1.82) is 0 Å². The first-order valence-corrected chi connectivity index (χ1v) is 12.3. The van der Waals surface area contributed by atoms with Gasteiger partial charge < -0.3 is 14.9 Å². The molecule has 4 aromatic carbocycles. The van der Waals surface area contributed by atoms with Gasteiger partial charge in [-0.1, -0.05) is 117 Å². The molecule has 4 aromatic rings. The molecule has 0 N–H and O–H groups in total. The van der Waals surface area contributed by atoms with E-state index >= 15 is 0 Å². The van der Waals surface area contributed by atoms with E-state index in [1.165, 1.54) is 47.6 Å². The van der Waals surface area contributed by atoms with E-state index in [4.69, 9.17) is 0 Å². The fourth-order valence-corrected chi connectivity index (χ4v) is 6.16. The fraction of sp³-hybridized carbons (Fsp3) is 0.0625. The van der Waals surface area contributed by atoms with Crippen molar-refractivity contribution in [2.75, 3.05) is 0 Å². The van der Waals surface area contributed by atoms with E-state index in [1.807, 2.05) is 17.8 Å². The quantitative estimate of drug-likeness (QED) is 0.193. The zero-order valence-electron chi connectivity index (χ0n) is 19.8. The molecule has 0 aromatic heterocycles. The van der Waals surface area contributed by atoms with Crippen molar-refractivity contribution in [3.63, 3.8) is 0 Å². The smallest absolute Gasteiger partial charge is 0.358 e. The number of fused-ring (bicyclic) bond motifs is 3. The Kier molecular flexibility index (Phi) is 9.38.